The molecule has 0 aromatic heterocycles. The second-order valence-electron chi connectivity index (χ2n) is 5.99. The number of benzene rings is 2. The molecular weight excluding hydrogens is 573 g/mol. The fourth-order valence-electron chi connectivity index (χ4n) is 2.64. The molecule has 180 valence electrons. The molecule has 33 heavy (non-hydrogen) atoms. The lowest BCUT2D eigenvalue weighted by Gasteiger charge is -2.23. The molecule has 0 aliphatic rings. The summed E-state index contributed by atoms with van der Waals surface area (Å²) in [6.07, 6.45) is -17.2. The molecule has 0 amide bonds. The van der Waals surface area contributed by atoms with Crippen molar-refractivity contribution in [3.8, 4) is 0 Å². The number of anilines is 2. The van der Waals surface area contributed by atoms with Crippen LogP contribution in [0.2, 0.25) is 5.02 Å². The van der Waals surface area contributed by atoms with E-state index < -0.39 is 77.3 Å². The number of nitrogens with zero attached hydrogens (tertiary/aromatic N) is 2. The van der Waals surface area contributed by atoms with Crippen molar-refractivity contribution in [3.05, 3.63) is 64.6 Å². The van der Waals surface area contributed by atoms with Gasteiger partial charge in [0.2, 0.25) is 0 Å². The molecule has 0 atom stereocenters. The third kappa shape index (κ3) is 5.40. The van der Waals surface area contributed by atoms with Crippen LogP contribution >= 0.6 is 27.5 Å². The highest BCUT2D eigenvalue weighted by atomic mass is 79.9. The standard InChI is InChI=1S/C15H4BrClF9N3O4/c16-6-3-7(9(14(21,22)23)10(11(6)17)15(24,25)26)27-12-5(13(18,19)20)1-4(28(30)31)2-8(12)29(32)33/h1-3,27H. The lowest BCUT2D eigenvalue weighted by atomic mass is 10.0. The zero-order valence-corrected chi connectivity index (χ0v) is 17.3. The van der Waals surface area contributed by atoms with Crippen LogP contribution in [-0.4, -0.2) is 9.85 Å². The van der Waals surface area contributed by atoms with Gasteiger partial charge in [0.15, 0.2) is 0 Å². The van der Waals surface area contributed by atoms with Gasteiger partial charge in [-0.2, -0.15) is 39.5 Å². The van der Waals surface area contributed by atoms with Crippen molar-refractivity contribution < 1.29 is 49.4 Å². The normalized spacial score (nSPS) is 12.6. The van der Waals surface area contributed by atoms with Crippen molar-refractivity contribution in [1.82, 2.24) is 0 Å². The maximum absolute atomic E-state index is 13.6. The lowest BCUT2D eigenvalue weighted by molar-refractivity contribution is -0.394. The van der Waals surface area contributed by atoms with Crippen molar-refractivity contribution in [2.75, 3.05) is 5.32 Å². The van der Waals surface area contributed by atoms with E-state index in [9.17, 15) is 59.7 Å². The van der Waals surface area contributed by atoms with E-state index in [1.54, 1.807) is 0 Å². The molecule has 0 fully saturated rings. The van der Waals surface area contributed by atoms with Crippen LogP contribution < -0.4 is 5.32 Å². The number of nitrogens with one attached hydrogen (secondary N) is 1. The number of halogens is 11. The van der Waals surface area contributed by atoms with Crippen LogP contribution in [0.15, 0.2) is 22.7 Å². The van der Waals surface area contributed by atoms with Crippen molar-refractivity contribution in [2.45, 2.75) is 18.5 Å². The highest BCUT2D eigenvalue weighted by Crippen LogP contribution is 2.51. The van der Waals surface area contributed by atoms with Gasteiger partial charge in [-0.05, 0) is 22.0 Å². The number of nitro groups is 2. The summed E-state index contributed by atoms with van der Waals surface area (Å²) in [5.74, 6) is 0. The molecule has 0 aliphatic heterocycles. The number of hydrogen-bond acceptors (Lipinski definition) is 5. The Morgan fingerprint density at radius 2 is 1.33 bits per heavy atom. The van der Waals surface area contributed by atoms with Crippen LogP contribution in [0.25, 0.3) is 0 Å². The zero-order chi connectivity index (χ0) is 25.7. The number of nitro benzene ring substituents is 2. The topological polar surface area (TPSA) is 98.3 Å². The molecule has 7 nitrogen and oxygen atoms in total. The van der Waals surface area contributed by atoms with E-state index in [1.165, 1.54) is 5.32 Å². The first-order chi connectivity index (χ1) is 14.8. The Morgan fingerprint density at radius 3 is 1.73 bits per heavy atom. The van der Waals surface area contributed by atoms with Crippen LogP contribution in [0.5, 0.6) is 0 Å². The molecule has 18 heteroatoms. The average Bonchev–Trinajstić information content (AvgIpc) is 2.60. The Bertz CT molecular complexity index is 1150. The van der Waals surface area contributed by atoms with E-state index in [-0.39, 0.29) is 18.2 Å². The fourth-order valence-corrected chi connectivity index (χ4v) is 3.32. The summed E-state index contributed by atoms with van der Waals surface area (Å²) in [5.41, 5.74) is -13.8. The molecule has 0 heterocycles. The molecule has 0 aliphatic carbocycles. The summed E-state index contributed by atoms with van der Waals surface area (Å²) in [4.78, 5) is 19.1. The van der Waals surface area contributed by atoms with E-state index in [0.29, 0.717) is 0 Å². The Hall–Kier alpha value is -2.82. The molecule has 0 saturated heterocycles. The molecule has 0 saturated carbocycles. The van der Waals surface area contributed by atoms with Crippen LogP contribution in [-0.2, 0) is 18.5 Å². The highest BCUT2D eigenvalue weighted by Gasteiger charge is 2.48. The molecule has 0 radical (unpaired) electrons. The number of rotatable bonds is 4. The Labute approximate surface area is 188 Å². The predicted octanol–water partition coefficient (Wildman–Crippen LogP) is 7.72. The largest absolute Gasteiger partial charge is 0.419 e. The predicted molar refractivity (Wildman–Crippen MR) is 97.2 cm³/mol. The van der Waals surface area contributed by atoms with Crippen LogP contribution in [0, 0.1) is 20.2 Å². The van der Waals surface area contributed by atoms with E-state index in [0.717, 1.165) is 0 Å². The maximum Gasteiger partial charge on any atom is 0.419 e. The van der Waals surface area contributed by atoms with Gasteiger partial charge in [0, 0.05) is 10.5 Å². The van der Waals surface area contributed by atoms with E-state index in [4.69, 9.17) is 11.6 Å². The summed E-state index contributed by atoms with van der Waals surface area (Å²) in [7, 11) is 0. The van der Waals surface area contributed by atoms with Crippen LogP contribution in [0.3, 0.4) is 0 Å². The van der Waals surface area contributed by atoms with Crippen LogP contribution in [0.1, 0.15) is 16.7 Å². The minimum absolute atomic E-state index is 0.000464. The van der Waals surface area contributed by atoms with Gasteiger partial charge in [0.25, 0.3) is 11.4 Å². The van der Waals surface area contributed by atoms with Crippen LogP contribution in [0.4, 0.5) is 62.3 Å². The molecule has 2 aromatic rings. The first-order valence-corrected chi connectivity index (χ1v) is 8.91. The lowest BCUT2D eigenvalue weighted by Crippen LogP contribution is -2.20. The Morgan fingerprint density at radius 1 is 0.818 bits per heavy atom. The monoisotopic (exact) mass is 575 g/mol. The quantitative estimate of drug-likeness (QED) is 0.228. The molecule has 2 aromatic carbocycles. The molecule has 0 bridgehead atoms. The van der Waals surface area contributed by atoms with E-state index >= 15 is 0 Å². The molecule has 0 unspecified atom stereocenters. The smallest absolute Gasteiger partial charge is 0.349 e. The summed E-state index contributed by atoms with van der Waals surface area (Å²) in [6.45, 7) is 0. The van der Waals surface area contributed by atoms with Gasteiger partial charge in [0.1, 0.15) is 5.69 Å². The second kappa shape index (κ2) is 8.51. The van der Waals surface area contributed by atoms with Crippen molar-refractivity contribution in [2.24, 2.45) is 0 Å². The minimum atomic E-state index is -5.86. The summed E-state index contributed by atoms with van der Waals surface area (Å²) >= 11 is 7.80. The van der Waals surface area contributed by atoms with Gasteiger partial charge in [-0.25, -0.2) is 0 Å². The number of alkyl halides is 9. The fraction of sp³-hybridized carbons (Fsp3) is 0.200. The highest BCUT2D eigenvalue weighted by molar-refractivity contribution is 9.10. The van der Waals surface area contributed by atoms with Gasteiger partial charge >= 0.3 is 18.5 Å². The molecule has 0 spiro atoms. The van der Waals surface area contributed by atoms with E-state index in [1.807, 2.05) is 0 Å². The van der Waals surface area contributed by atoms with Crippen molar-refractivity contribution in [3.63, 3.8) is 0 Å². The van der Waals surface area contributed by atoms with Crippen molar-refractivity contribution >= 4 is 50.3 Å². The average molecular weight is 577 g/mol. The van der Waals surface area contributed by atoms with Gasteiger partial charge in [0.05, 0.1) is 43.3 Å². The summed E-state index contributed by atoms with van der Waals surface area (Å²) < 4.78 is 120. The molecular formula is C15H4BrClF9N3O4. The first kappa shape index (κ1) is 26.4. The molecule has 2 rings (SSSR count). The van der Waals surface area contributed by atoms with E-state index in [2.05, 4.69) is 15.9 Å². The Kier molecular flexibility index (Phi) is 6.82. The summed E-state index contributed by atoms with van der Waals surface area (Å²) in [6, 6.07) is 0.00435. The zero-order valence-electron chi connectivity index (χ0n) is 14.9. The van der Waals surface area contributed by atoms with Gasteiger partial charge in [-0.15, -0.1) is 0 Å². The third-order valence-electron chi connectivity index (χ3n) is 3.86. The minimum Gasteiger partial charge on any atom is -0.349 e. The Balaban J connectivity index is 3.01. The second-order valence-corrected chi connectivity index (χ2v) is 7.22. The molecule has 1 N–H and O–H groups in total. The summed E-state index contributed by atoms with van der Waals surface area (Å²) in [5, 5.41) is 22.0. The van der Waals surface area contributed by atoms with Crippen molar-refractivity contribution in [1.29, 1.82) is 0 Å². The third-order valence-corrected chi connectivity index (χ3v) is 5.11. The SMILES string of the molecule is O=[N+]([O-])c1cc([N+](=O)[O-])c(Nc2cc(Br)c(Cl)c(C(F)(F)F)c2C(F)(F)F)c(C(F)(F)F)c1. The maximum atomic E-state index is 13.6. The van der Waals surface area contributed by atoms with Gasteiger partial charge < -0.3 is 5.32 Å². The first-order valence-electron chi connectivity index (χ1n) is 7.74. The number of hydrogen-bond donors (Lipinski definition) is 1. The van der Waals surface area contributed by atoms with Gasteiger partial charge in [-0.3, -0.25) is 20.2 Å². The van der Waals surface area contributed by atoms with Gasteiger partial charge in [-0.1, -0.05) is 11.6 Å². The number of non-ortho nitro benzene ring substituents is 1.